The molecule has 0 rings (SSSR count). The normalized spacial score (nSPS) is 12.6. The third-order valence-corrected chi connectivity index (χ3v) is 1.76. The predicted octanol–water partition coefficient (Wildman–Crippen LogP) is 0.251. The lowest BCUT2D eigenvalue weighted by atomic mass is 10.2. The molecular formula is C11H15NO5. The first-order chi connectivity index (χ1) is 8.01. The molecule has 1 atom stereocenters. The van der Waals surface area contributed by atoms with Gasteiger partial charge in [0.15, 0.2) is 0 Å². The second-order valence-corrected chi connectivity index (χ2v) is 3.06. The summed E-state index contributed by atoms with van der Waals surface area (Å²) in [5, 5.41) is 11.0. The van der Waals surface area contributed by atoms with E-state index in [4.69, 9.17) is 5.11 Å². The number of aliphatic carboxylic acids is 1. The van der Waals surface area contributed by atoms with Crippen LogP contribution in [0.2, 0.25) is 0 Å². The van der Waals surface area contributed by atoms with Crippen LogP contribution in [0.4, 0.5) is 0 Å². The maximum absolute atomic E-state index is 11.3. The minimum Gasteiger partial charge on any atom is -0.480 e. The van der Waals surface area contributed by atoms with Gasteiger partial charge < -0.3 is 15.2 Å². The quantitative estimate of drug-likeness (QED) is 0.395. The zero-order valence-corrected chi connectivity index (χ0v) is 9.67. The molecule has 0 radical (unpaired) electrons. The number of hydrogen-bond acceptors (Lipinski definition) is 4. The molecule has 17 heavy (non-hydrogen) atoms. The van der Waals surface area contributed by atoms with Gasteiger partial charge in [0.1, 0.15) is 6.04 Å². The highest BCUT2D eigenvalue weighted by molar-refractivity contribution is 5.92. The zero-order chi connectivity index (χ0) is 13.3. The molecule has 0 saturated carbocycles. The fraction of sp³-hybridized carbons (Fsp3) is 0.364. The Morgan fingerprint density at radius 3 is 2.47 bits per heavy atom. The van der Waals surface area contributed by atoms with Crippen LogP contribution < -0.4 is 5.32 Å². The van der Waals surface area contributed by atoms with Gasteiger partial charge in [-0.1, -0.05) is 18.2 Å². The summed E-state index contributed by atoms with van der Waals surface area (Å²) in [5.74, 6) is -2.57. The van der Waals surface area contributed by atoms with Crippen LogP contribution in [0.5, 0.6) is 0 Å². The summed E-state index contributed by atoms with van der Waals surface area (Å²) >= 11 is 0. The number of carbonyl (C=O) groups is 3. The van der Waals surface area contributed by atoms with Crippen LogP contribution in [0.3, 0.4) is 0 Å². The number of carboxylic acid groups (broad SMARTS) is 1. The molecule has 0 aliphatic heterocycles. The summed E-state index contributed by atoms with van der Waals surface area (Å²) in [5.41, 5.74) is 0. The molecule has 0 aromatic rings. The Morgan fingerprint density at radius 2 is 2.00 bits per heavy atom. The monoisotopic (exact) mass is 241 g/mol. The number of amides is 1. The molecule has 0 aromatic carbocycles. The van der Waals surface area contributed by atoms with E-state index in [0.717, 1.165) is 7.11 Å². The van der Waals surface area contributed by atoms with Crippen molar-refractivity contribution in [1.82, 2.24) is 5.32 Å². The lowest BCUT2D eigenvalue weighted by molar-refractivity contribution is -0.148. The van der Waals surface area contributed by atoms with Gasteiger partial charge in [-0.15, -0.1) is 0 Å². The van der Waals surface area contributed by atoms with Crippen LogP contribution in [0, 0.1) is 0 Å². The van der Waals surface area contributed by atoms with Gasteiger partial charge in [0.2, 0.25) is 5.91 Å². The smallest absolute Gasteiger partial charge is 0.326 e. The van der Waals surface area contributed by atoms with Crippen molar-refractivity contribution in [3.63, 3.8) is 0 Å². The van der Waals surface area contributed by atoms with E-state index in [2.05, 4.69) is 10.1 Å². The SMILES string of the molecule is C/C=C/C=C/C(=O)N[C@@H](CC(=O)OC)C(=O)O. The van der Waals surface area contributed by atoms with Gasteiger partial charge in [0, 0.05) is 6.08 Å². The molecule has 1 amide bonds. The van der Waals surface area contributed by atoms with Crippen LogP contribution in [0.1, 0.15) is 13.3 Å². The molecule has 0 aromatic heterocycles. The number of allylic oxidation sites excluding steroid dienone is 3. The number of nitrogens with one attached hydrogen (secondary N) is 1. The molecule has 2 N–H and O–H groups in total. The van der Waals surface area contributed by atoms with Gasteiger partial charge >= 0.3 is 11.9 Å². The minimum absolute atomic E-state index is 0.408. The van der Waals surface area contributed by atoms with Crippen molar-refractivity contribution in [3.05, 3.63) is 24.3 Å². The summed E-state index contributed by atoms with van der Waals surface area (Å²) < 4.78 is 4.33. The average molecular weight is 241 g/mol. The zero-order valence-electron chi connectivity index (χ0n) is 9.67. The fourth-order valence-corrected chi connectivity index (χ4v) is 0.924. The van der Waals surface area contributed by atoms with Crippen molar-refractivity contribution in [3.8, 4) is 0 Å². The predicted molar refractivity (Wildman–Crippen MR) is 60.2 cm³/mol. The van der Waals surface area contributed by atoms with E-state index >= 15 is 0 Å². The standard InChI is InChI=1S/C11H15NO5/c1-3-4-5-6-9(13)12-8(11(15)16)7-10(14)17-2/h3-6,8H,7H2,1-2H3,(H,12,13)(H,15,16)/b4-3+,6-5+/t8-/m0/s1. The number of carbonyl (C=O) groups excluding carboxylic acids is 2. The molecule has 0 aliphatic rings. The first kappa shape index (κ1) is 14.9. The van der Waals surface area contributed by atoms with Crippen LogP contribution >= 0.6 is 0 Å². The largest absolute Gasteiger partial charge is 0.480 e. The lowest BCUT2D eigenvalue weighted by Crippen LogP contribution is -2.41. The van der Waals surface area contributed by atoms with E-state index in [1.807, 2.05) is 0 Å². The second-order valence-electron chi connectivity index (χ2n) is 3.06. The van der Waals surface area contributed by atoms with Gasteiger partial charge in [0.05, 0.1) is 13.5 Å². The molecule has 6 heteroatoms. The molecule has 0 fully saturated rings. The van der Waals surface area contributed by atoms with Crippen molar-refractivity contribution in [2.45, 2.75) is 19.4 Å². The highest BCUT2D eigenvalue weighted by atomic mass is 16.5. The van der Waals surface area contributed by atoms with E-state index in [-0.39, 0.29) is 0 Å². The fourth-order valence-electron chi connectivity index (χ4n) is 0.924. The van der Waals surface area contributed by atoms with Gasteiger partial charge in [-0.05, 0) is 6.92 Å². The van der Waals surface area contributed by atoms with Gasteiger partial charge in [-0.3, -0.25) is 9.59 Å². The summed E-state index contributed by atoms with van der Waals surface area (Å²) in [6.45, 7) is 1.78. The van der Waals surface area contributed by atoms with Gasteiger partial charge in [-0.25, -0.2) is 4.79 Å². The topological polar surface area (TPSA) is 92.7 Å². The average Bonchev–Trinajstić information content (AvgIpc) is 2.28. The third-order valence-electron chi connectivity index (χ3n) is 1.76. The number of rotatable bonds is 6. The molecular weight excluding hydrogens is 226 g/mol. The molecule has 0 heterocycles. The number of esters is 1. The van der Waals surface area contributed by atoms with Gasteiger partial charge in [-0.2, -0.15) is 0 Å². The van der Waals surface area contributed by atoms with Crippen LogP contribution in [0.25, 0.3) is 0 Å². The van der Waals surface area contributed by atoms with E-state index in [0.29, 0.717) is 0 Å². The number of carboxylic acids is 1. The van der Waals surface area contributed by atoms with E-state index in [1.165, 1.54) is 12.2 Å². The number of hydrogen-bond donors (Lipinski definition) is 2. The Kier molecular flexibility index (Phi) is 7.09. The Bertz CT molecular complexity index is 346. The lowest BCUT2D eigenvalue weighted by Gasteiger charge is -2.11. The number of ether oxygens (including phenoxy) is 1. The first-order valence-electron chi connectivity index (χ1n) is 4.90. The summed E-state index contributed by atoms with van der Waals surface area (Å²) in [4.78, 5) is 32.9. The van der Waals surface area contributed by atoms with Crippen molar-refractivity contribution in [1.29, 1.82) is 0 Å². The summed E-state index contributed by atoms with van der Waals surface area (Å²) in [6.07, 6.45) is 5.57. The highest BCUT2D eigenvalue weighted by Crippen LogP contribution is 1.95. The Balaban J connectivity index is 4.40. The van der Waals surface area contributed by atoms with E-state index in [1.54, 1.807) is 19.1 Å². The molecule has 0 saturated heterocycles. The molecule has 0 spiro atoms. The Labute approximate surface area is 99.0 Å². The van der Waals surface area contributed by atoms with Crippen molar-refractivity contribution in [2.75, 3.05) is 7.11 Å². The van der Waals surface area contributed by atoms with Crippen molar-refractivity contribution < 1.29 is 24.2 Å². The van der Waals surface area contributed by atoms with Crippen LogP contribution in [-0.4, -0.2) is 36.1 Å². The minimum atomic E-state index is -1.29. The summed E-state index contributed by atoms with van der Waals surface area (Å²) in [7, 11) is 1.15. The number of methoxy groups -OCH3 is 1. The molecule has 0 unspecified atom stereocenters. The first-order valence-corrected chi connectivity index (χ1v) is 4.90. The highest BCUT2D eigenvalue weighted by Gasteiger charge is 2.22. The molecule has 94 valence electrons. The maximum Gasteiger partial charge on any atom is 0.326 e. The third kappa shape index (κ3) is 6.88. The Hall–Kier alpha value is -2.11. The Morgan fingerprint density at radius 1 is 1.35 bits per heavy atom. The molecule has 0 aliphatic carbocycles. The molecule has 0 bridgehead atoms. The van der Waals surface area contributed by atoms with Crippen LogP contribution in [-0.2, 0) is 19.1 Å². The summed E-state index contributed by atoms with van der Waals surface area (Å²) in [6, 6.07) is -1.29. The van der Waals surface area contributed by atoms with Crippen LogP contribution in [0.15, 0.2) is 24.3 Å². The van der Waals surface area contributed by atoms with E-state index in [9.17, 15) is 14.4 Å². The van der Waals surface area contributed by atoms with Crippen molar-refractivity contribution in [2.24, 2.45) is 0 Å². The van der Waals surface area contributed by atoms with Crippen molar-refractivity contribution >= 4 is 17.8 Å². The van der Waals surface area contributed by atoms with Gasteiger partial charge in [0.25, 0.3) is 0 Å². The van der Waals surface area contributed by atoms with E-state index < -0.39 is 30.3 Å². The maximum atomic E-state index is 11.3. The second kappa shape index (κ2) is 8.09. The molecule has 6 nitrogen and oxygen atoms in total.